The average molecular weight is 451 g/mol. The van der Waals surface area contributed by atoms with Crippen molar-refractivity contribution in [3.05, 3.63) is 59.7 Å². The van der Waals surface area contributed by atoms with Gasteiger partial charge in [-0.25, -0.2) is 4.79 Å². The Bertz CT molecular complexity index is 801. The van der Waals surface area contributed by atoms with Crippen LogP contribution in [0.25, 0.3) is 0 Å². The Morgan fingerprint density at radius 1 is 0.758 bits per heavy atom. The molecule has 0 heterocycles. The molecule has 2 aromatic carbocycles. The molecule has 1 saturated carbocycles. The third-order valence-electron chi connectivity index (χ3n) is 6.98. The van der Waals surface area contributed by atoms with Crippen LogP contribution >= 0.6 is 0 Å². The highest BCUT2D eigenvalue weighted by Crippen LogP contribution is 2.33. The van der Waals surface area contributed by atoms with Crippen LogP contribution in [0, 0.1) is 11.8 Å². The summed E-state index contributed by atoms with van der Waals surface area (Å²) in [6.07, 6.45) is 15.5. The molecule has 3 nitrogen and oxygen atoms in total. The van der Waals surface area contributed by atoms with Crippen LogP contribution in [0.2, 0.25) is 0 Å². The monoisotopic (exact) mass is 450 g/mol. The standard InChI is InChI=1S/C30H42O3/c1-3-5-6-9-25-15-19-29(20-16-25)33-30(31)27-17-21-28(22-18-27)32-23-7-10-26-13-11-24(8-4-2)12-14-26/h15-22,24,26H,3-14,23H2,1-2H3/t24-,26-. The summed E-state index contributed by atoms with van der Waals surface area (Å²) in [6.45, 7) is 5.25. The van der Waals surface area contributed by atoms with Crippen molar-refractivity contribution < 1.29 is 14.3 Å². The van der Waals surface area contributed by atoms with E-state index >= 15 is 0 Å². The van der Waals surface area contributed by atoms with E-state index in [1.807, 2.05) is 36.4 Å². The first-order valence-corrected chi connectivity index (χ1v) is 13.2. The smallest absolute Gasteiger partial charge is 0.343 e. The zero-order valence-electron chi connectivity index (χ0n) is 20.7. The minimum Gasteiger partial charge on any atom is -0.494 e. The zero-order valence-corrected chi connectivity index (χ0v) is 20.7. The lowest BCUT2D eigenvalue weighted by Gasteiger charge is -2.28. The van der Waals surface area contributed by atoms with Crippen LogP contribution in [0.15, 0.2) is 48.5 Å². The fourth-order valence-corrected chi connectivity index (χ4v) is 4.94. The van der Waals surface area contributed by atoms with Crippen molar-refractivity contribution in [2.45, 2.75) is 90.9 Å². The van der Waals surface area contributed by atoms with Crippen LogP contribution in [0.1, 0.15) is 100 Å². The Balaban J connectivity index is 1.35. The molecule has 0 bridgehead atoms. The number of esters is 1. The van der Waals surface area contributed by atoms with Gasteiger partial charge in [0.2, 0.25) is 0 Å². The Morgan fingerprint density at radius 2 is 1.39 bits per heavy atom. The molecule has 0 radical (unpaired) electrons. The molecule has 1 aliphatic rings. The lowest BCUT2D eigenvalue weighted by molar-refractivity contribution is 0.0734. The second-order valence-electron chi connectivity index (χ2n) is 9.68. The van der Waals surface area contributed by atoms with Crippen LogP contribution in [-0.2, 0) is 6.42 Å². The van der Waals surface area contributed by atoms with Gasteiger partial charge in [0.15, 0.2) is 0 Å². The normalized spacial score (nSPS) is 18.1. The van der Waals surface area contributed by atoms with Crippen LogP contribution in [0.5, 0.6) is 11.5 Å². The number of ether oxygens (including phenoxy) is 2. The van der Waals surface area contributed by atoms with E-state index in [2.05, 4.69) is 13.8 Å². The number of aryl methyl sites for hydroxylation is 1. The minimum atomic E-state index is -0.334. The number of carbonyl (C=O) groups excluding carboxylic acids is 1. The maximum atomic E-state index is 12.5. The van der Waals surface area contributed by atoms with Gasteiger partial charge >= 0.3 is 5.97 Å². The zero-order chi connectivity index (χ0) is 23.3. The van der Waals surface area contributed by atoms with Crippen molar-refractivity contribution in [2.24, 2.45) is 11.8 Å². The van der Waals surface area contributed by atoms with E-state index in [1.54, 1.807) is 12.1 Å². The fraction of sp³-hybridized carbons (Fsp3) is 0.567. The molecule has 3 rings (SSSR count). The van der Waals surface area contributed by atoms with Gasteiger partial charge in [0, 0.05) is 0 Å². The number of rotatable bonds is 13. The Kier molecular flexibility index (Phi) is 10.8. The highest BCUT2D eigenvalue weighted by atomic mass is 16.5. The van der Waals surface area contributed by atoms with E-state index in [9.17, 15) is 4.79 Å². The van der Waals surface area contributed by atoms with E-state index < -0.39 is 0 Å². The summed E-state index contributed by atoms with van der Waals surface area (Å²) < 4.78 is 11.4. The molecule has 0 aliphatic heterocycles. The molecule has 3 heteroatoms. The maximum Gasteiger partial charge on any atom is 0.343 e. The highest BCUT2D eigenvalue weighted by molar-refractivity contribution is 5.91. The number of carbonyl (C=O) groups is 1. The quantitative estimate of drug-likeness (QED) is 0.175. The Morgan fingerprint density at radius 3 is 2.03 bits per heavy atom. The molecule has 0 unspecified atom stereocenters. The highest BCUT2D eigenvalue weighted by Gasteiger charge is 2.20. The average Bonchev–Trinajstić information content (AvgIpc) is 2.84. The molecule has 0 amide bonds. The maximum absolute atomic E-state index is 12.5. The third kappa shape index (κ3) is 8.87. The van der Waals surface area contributed by atoms with Gasteiger partial charge < -0.3 is 9.47 Å². The lowest BCUT2D eigenvalue weighted by atomic mass is 9.78. The summed E-state index contributed by atoms with van der Waals surface area (Å²) in [5.41, 5.74) is 1.83. The van der Waals surface area contributed by atoms with E-state index in [0.717, 1.165) is 37.0 Å². The van der Waals surface area contributed by atoms with Gasteiger partial charge in [-0.05, 0) is 79.5 Å². The Hall–Kier alpha value is -2.29. The van der Waals surface area contributed by atoms with Crippen molar-refractivity contribution in [3.63, 3.8) is 0 Å². The molecule has 1 fully saturated rings. The summed E-state index contributed by atoms with van der Waals surface area (Å²) in [5.74, 6) is 2.92. The van der Waals surface area contributed by atoms with Gasteiger partial charge in [-0.1, -0.05) is 77.3 Å². The van der Waals surface area contributed by atoms with Gasteiger partial charge in [0.1, 0.15) is 11.5 Å². The van der Waals surface area contributed by atoms with Crippen LogP contribution in [-0.4, -0.2) is 12.6 Å². The SMILES string of the molecule is CCCCCc1ccc(OC(=O)c2ccc(OCCC[C@H]3CC[C@H](CCC)CC3)cc2)cc1. The first kappa shape index (κ1) is 25.3. The second kappa shape index (κ2) is 14.1. The summed E-state index contributed by atoms with van der Waals surface area (Å²) in [5, 5.41) is 0. The summed E-state index contributed by atoms with van der Waals surface area (Å²) in [4.78, 5) is 12.5. The van der Waals surface area contributed by atoms with Gasteiger partial charge in [-0.2, -0.15) is 0 Å². The van der Waals surface area contributed by atoms with Gasteiger partial charge in [0.05, 0.1) is 12.2 Å². The number of benzene rings is 2. The van der Waals surface area contributed by atoms with Crippen molar-refractivity contribution >= 4 is 5.97 Å². The van der Waals surface area contributed by atoms with Gasteiger partial charge in [-0.3, -0.25) is 0 Å². The van der Waals surface area contributed by atoms with E-state index in [-0.39, 0.29) is 5.97 Å². The lowest BCUT2D eigenvalue weighted by Crippen LogP contribution is -2.15. The Labute approximate surface area is 200 Å². The van der Waals surface area contributed by atoms with Gasteiger partial charge in [0.25, 0.3) is 0 Å². The largest absolute Gasteiger partial charge is 0.494 e. The number of hydrogen-bond donors (Lipinski definition) is 0. The van der Waals surface area contributed by atoms with Crippen molar-refractivity contribution in [3.8, 4) is 11.5 Å². The number of hydrogen-bond acceptors (Lipinski definition) is 3. The fourth-order valence-electron chi connectivity index (χ4n) is 4.94. The third-order valence-corrected chi connectivity index (χ3v) is 6.98. The first-order chi connectivity index (χ1) is 16.2. The molecule has 2 aromatic rings. The first-order valence-electron chi connectivity index (χ1n) is 13.2. The van der Waals surface area contributed by atoms with E-state index in [0.29, 0.717) is 11.3 Å². The molecular formula is C30H42O3. The van der Waals surface area contributed by atoms with Crippen molar-refractivity contribution in [1.29, 1.82) is 0 Å². The molecule has 0 atom stereocenters. The summed E-state index contributed by atoms with van der Waals surface area (Å²) >= 11 is 0. The molecule has 0 spiro atoms. The molecule has 1 aliphatic carbocycles. The predicted molar refractivity (Wildman–Crippen MR) is 136 cm³/mol. The van der Waals surface area contributed by atoms with Crippen molar-refractivity contribution in [1.82, 2.24) is 0 Å². The van der Waals surface area contributed by atoms with Gasteiger partial charge in [-0.15, -0.1) is 0 Å². The molecule has 0 saturated heterocycles. The van der Waals surface area contributed by atoms with E-state index in [1.165, 1.54) is 69.8 Å². The topological polar surface area (TPSA) is 35.5 Å². The molecular weight excluding hydrogens is 408 g/mol. The molecule has 33 heavy (non-hydrogen) atoms. The van der Waals surface area contributed by atoms with Crippen molar-refractivity contribution in [2.75, 3.05) is 6.61 Å². The molecule has 0 N–H and O–H groups in total. The minimum absolute atomic E-state index is 0.334. The van der Waals surface area contributed by atoms with Crippen LogP contribution < -0.4 is 9.47 Å². The van der Waals surface area contributed by atoms with Crippen LogP contribution in [0.4, 0.5) is 0 Å². The summed E-state index contributed by atoms with van der Waals surface area (Å²) in [7, 11) is 0. The molecule has 0 aromatic heterocycles. The van der Waals surface area contributed by atoms with Crippen LogP contribution in [0.3, 0.4) is 0 Å². The second-order valence-corrected chi connectivity index (χ2v) is 9.68. The molecule has 180 valence electrons. The van der Waals surface area contributed by atoms with E-state index in [4.69, 9.17) is 9.47 Å². The predicted octanol–water partition coefficient (Wildman–Crippen LogP) is 8.40. The summed E-state index contributed by atoms with van der Waals surface area (Å²) in [6, 6.07) is 15.2. The number of unbranched alkanes of at least 4 members (excludes halogenated alkanes) is 2.